The molecule has 0 aliphatic carbocycles. The molecule has 1 aromatic carbocycles. The Morgan fingerprint density at radius 3 is 2.70 bits per heavy atom. The van der Waals surface area contributed by atoms with Crippen LogP contribution in [0.25, 0.3) is 10.9 Å². The van der Waals surface area contributed by atoms with E-state index in [0.29, 0.717) is 25.9 Å². The molecule has 2 heterocycles. The average molecular weight is 314 g/mol. The van der Waals surface area contributed by atoms with Crippen molar-refractivity contribution in [3.05, 3.63) is 36.0 Å². The van der Waals surface area contributed by atoms with Gasteiger partial charge < -0.3 is 14.6 Å². The van der Waals surface area contributed by atoms with Gasteiger partial charge in [-0.15, -0.1) is 0 Å². The Kier molecular flexibility index (Phi) is 3.88. The summed E-state index contributed by atoms with van der Waals surface area (Å²) in [6, 6.07) is 8.08. The number of aromatic nitrogens is 1. The third-order valence-corrected chi connectivity index (χ3v) is 4.90. The maximum atomic E-state index is 12.6. The number of aryl methyl sites for hydroxylation is 1. The zero-order valence-corrected chi connectivity index (χ0v) is 13.6. The quantitative estimate of drug-likeness (QED) is 0.943. The van der Waals surface area contributed by atoms with E-state index in [9.17, 15) is 14.7 Å². The standard InChI is InChI=1S/C18H22N2O3/c1-3-19-11-13(14-6-4-5-7-15(14)19)10-16(21)20-9-8-18(2,12-20)17(22)23/h4-7,11H,3,8-10,12H2,1-2H3,(H,22,23). The molecule has 1 fully saturated rings. The molecule has 1 unspecified atom stereocenters. The van der Waals surface area contributed by atoms with Crippen LogP contribution in [-0.4, -0.2) is 39.5 Å². The van der Waals surface area contributed by atoms with Crippen LogP contribution in [0.2, 0.25) is 0 Å². The highest BCUT2D eigenvalue weighted by atomic mass is 16.4. The van der Waals surface area contributed by atoms with Gasteiger partial charge in [0.1, 0.15) is 0 Å². The number of fused-ring (bicyclic) bond motifs is 1. The Labute approximate surface area is 135 Å². The second-order valence-corrected chi connectivity index (χ2v) is 6.57. The fraction of sp³-hybridized carbons (Fsp3) is 0.444. The zero-order valence-electron chi connectivity index (χ0n) is 13.6. The Hall–Kier alpha value is -2.30. The van der Waals surface area contributed by atoms with Crippen molar-refractivity contribution in [2.45, 2.75) is 33.2 Å². The number of carbonyl (C=O) groups excluding carboxylic acids is 1. The van der Waals surface area contributed by atoms with Gasteiger partial charge in [-0.2, -0.15) is 0 Å². The Morgan fingerprint density at radius 1 is 1.30 bits per heavy atom. The number of benzene rings is 1. The monoisotopic (exact) mass is 314 g/mol. The van der Waals surface area contributed by atoms with Crippen LogP contribution < -0.4 is 0 Å². The smallest absolute Gasteiger partial charge is 0.311 e. The molecule has 5 heteroatoms. The van der Waals surface area contributed by atoms with E-state index in [1.807, 2.05) is 24.4 Å². The van der Waals surface area contributed by atoms with Crippen LogP contribution in [0.4, 0.5) is 0 Å². The van der Waals surface area contributed by atoms with Crippen molar-refractivity contribution in [1.82, 2.24) is 9.47 Å². The highest BCUT2D eigenvalue weighted by molar-refractivity contribution is 5.90. The van der Waals surface area contributed by atoms with Crippen LogP contribution in [0.3, 0.4) is 0 Å². The lowest BCUT2D eigenvalue weighted by Gasteiger charge is -2.20. The van der Waals surface area contributed by atoms with Gasteiger partial charge in [0, 0.05) is 36.7 Å². The first kappa shape index (κ1) is 15.6. The number of aliphatic carboxylic acids is 1. The van der Waals surface area contributed by atoms with Gasteiger partial charge in [0.2, 0.25) is 5.91 Å². The molecule has 1 amide bonds. The van der Waals surface area contributed by atoms with Gasteiger partial charge in [0.25, 0.3) is 0 Å². The lowest BCUT2D eigenvalue weighted by atomic mass is 9.90. The molecule has 5 nitrogen and oxygen atoms in total. The van der Waals surface area contributed by atoms with Gasteiger partial charge in [-0.05, 0) is 31.9 Å². The number of amides is 1. The predicted octanol–water partition coefficient (Wildman–Crippen LogP) is 2.53. The number of rotatable bonds is 4. The molecule has 0 bridgehead atoms. The number of para-hydroxylation sites is 1. The number of nitrogens with zero attached hydrogens (tertiary/aromatic N) is 2. The summed E-state index contributed by atoms with van der Waals surface area (Å²) in [5.74, 6) is -0.815. The summed E-state index contributed by atoms with van der Waals surface area (Å²) in [5, 5.41) is 10.4. The van der Waals surface area contributed by atoms with E-state index < -0.39 is 11.4 Å². The Balaban J connectivity index is 1.80. The van der Waals surface area contributed by atoms with Crippen molar-refractivity contribution < 1.29 is 14.7 Å². The Bertz CT molecular complexity index is 765. The SMILES string of the molecule is CCn1cc(CC(=O)N2CCC(C)(C(=O)O)C2)c2ccccc21. The normalized spacial score (nSPS) is 21.0. The molecule has 1 aliphatic rings. The molecule has 1 aromatic heterocycles. The van der Waals surface area contributed by atoms with Crippen molar-refractivity contribution in [2.75, 3.05) is 13.1 Å². The van der Waals surface area contributed by atoms with Gasteiger partial charge in [0.05, 0.1) is 11.8 Å². The van der Waals surface area contributed by atoms with Crippen LogP contribution >= 0.6 is 0 Å². The van der Waals surface area contributed by atoms with Crippen molar-refractivity contribution >= 4 is 22.8 Å². The fourth-order valence-electron chi connectivity index (χ4n) is 3.35. The molecule has 0 spiro atoms. The second-order valence-electron chi connectivity index (χ2n) is 6.57. The van der Waals surface area contributed by atoms with E-state index in [-0.39, 0.29) is 5.91 Å². The van der Waals surface area contributed by atoms with E-state index in [2.05, 4.69) is 17.6 Å². The van der Waals surface area contributed by atoms with Crippen molar-refractivity contribution in [1.29, 1.82) is 0 Å². The number of hydrogen-bond acceptors (Lipinski definition) is 2. The maximum absolute atomic E-state index is 12.6. The lowest BCUT2D eigenvalue weighted by Crippen LogP contribution is -2.35. The van der Waals surface area contributed by atoms with E-state index in [0.717, 1.165) is 23.0 Å². The molecule has 1 aliphatic heterocycles. The molecule has 0 radical (unpaired) electrons. The second kappa shape index (κ2) is 5.72. The summed E-state index contributed by atoms with van der Waals surface area (Å²) in [6.07, 6.45) is 2.88. The van der Waals surface area contributed by atoms with Crippen molar-refractivity contribution in [3.8, 4) is 0 Å². The summed E-state index contributed by atoms with van der Waals surface area (Å²) in [5.41, 5.74) is 1.33. The molecular formula is C18H22N2O3. The van der Waals surface area contributed by atoms with Gasteiger partial charge >= 0.3 is 5.97 Å². The molecule has 3 rings (SSSR count). The number of carboxylic acid groups (broad SMARTS) is 1. The zero-order chi connectivity index (χ0) is 16.6. The molecule has 1 N–H and O–H groups in total. The first-order valence-corrected chi connectivity index (χ1v) is 8.02. The van der Waals surface area contributed by atoms with E-state index in [1.165, 1.54) is 0 Å². The van der Waals surface area contributed by atoms with Gasteiger partial charge in [-0.1, -0.05) is 18.2 Å². The molecular weight excluding hydrogens is 292 g/mol. The summed E-state index contributed by atoms with van der Waals surface area (Å²) >= 11 is 0. The molecule has 1 atom stereocenters. The van der Waals surface area contributed by atoms with Crippen LogP contribution in [0.5, 0.6) is 0 Å². The summed E-state index contributed by atoms with van der Waals surface area (Å²) in [4.78, 5) is 25.6. The third-order valence-electron chi connectivity index (χ3n) is 4.90. The average Bonchev–Trinajstić information content (AvgIpc) is 3.10. The summed E-state index contributed by atoms with van der Waals surface area (Å²) < 4.78 is 2.14. The first-order valence-electron chi connectivity index (χ1n) is 8.02. The number of likely N-dealkylation sites (tertiary alicyclic amines) is 1. The van der Waals surface area contributed by atoms with Crippen molar-refractivity contribution in [3.63, 3.8) is 0 Å². The van der Waals surface area contributed by atoms with Crippen LogP contribution in [0, 0.1) is 5.41 Å². The molecule has 0 saturated carbocycles. The topological polar surface area (TPSA) is 62.5 Å². The number of carbonyl (C=O) groups is 2. The van der Waals surface area contributed by atoms with Gasteiger partial charge in [-0.25, -0.2) is 0 Å². The summed E-state index contributed by atoms with van der Waals surface area (Å²) in [6.45, 7) is 5.47. The van der Waals surface area contributed by atoms with Gasteiger partial charge in [-0.3, -0.25) is 9.59 Å². The number of hydrogen-bond donors (Lipinski definition) is 1. The molecule has 2 aromatic rings. The maximum Gasteiger partial charge on any atom is 0.311 e. The minimum atomic E-state index is -0.824. The first-order chi connectivity index (χ1) is 10.9. The fourth-order valence-corrected chi connectivity index (χ4v) is 3.35. The van der Waals surface area contributed by atoms with E-state index >= 15 is 0 Å². The highest BCUT2D eigenvalue weighted by Gasteiger charge is 2.42. The van der Waals surface area contributed by atoms with Crippen molar-refractivity contribution in [2.24, 2.45) is 5.41 Å². The third kappa shape index (κ3) is 2.71. The lowest BCUT2D eigenvalue weighted by molar-refractivity contribution is -0.147. The minimum absolute atomic E-state index is 0.00832. The summed E-state index contributed by atoms with van der Waals surface area (Å²) in [7, 11) is 0. The van der Waals surface area contributed by atoms with E-state index in [1.54, 1.807) is 11.8 Å². The molecule has 1 saturated heterocycles. The Morgan fingerprint density at radius 2 is 2.04 bits per heavy atom. The van der Waals surface area contributed by atoms with Crippen LogP contribution in [0.1, 0.15) is 25.8 Å². The van der Waals surface area contributed by atoms with Gasteiger partial charge in [0.15, 0.2) is 0 Å². The van der Waals surface area contributed by atoms with Crippen LogP contribution in [0.15, 0.2) is 30.5 Å². The predicted molar refractivity (Wildman–Crippen MR) is 88.3 cm³/mol. The largest absolute Gasteiger partial charge is 0.481 e. The highest BCUT2D eigenvalue weighted by Crippen LogP contribution is 2.31. The van der Waals surface area contributed by atoms with Crippen LogP contribution in [-0.2, 0) is 22.6 Å². The molecule has 122 valence electrons. The number of carboxylic acids is 1. The minimum Gasteiger partial charge on any atom is -0.481 e. The van der Waals surface area contributed by atoms with E-state index in [4.69, 9.17) is 0 Å². The molecule has 23 heavy (non-hydrogen) atoms.